The molecule has 23 heavy (non-hydrogen) atoms. The Morgan fingerprint density at radius 1 is 1.48 bits per heavy atom. The minimum atomic E-state index is -0.209. The molecular formula is C17H26BrN3O2. The van der Waals surface area contributed by atoms with Gasteiger partial charge in [0.05, 0.1) is 18.4 Å². The number of amides is 2. The number of nitrogens with one attached hydrogen (secondary N) is 2. The highest BCUT2D eigenvalue weighted by Crippen LogP contribution is 2.23. The monoisotopic (exact) mass is 383 g/mol. The minimum Gasteiger partial charge on any atom is -0.374 e. The highest BCUT2D eigenvalue weighted by Gasteiger charge is 2.21. The zero-order valence-corrected chi connectivity index (χ0v) is 15.6. The van der Waals surface area contributed by atoms with Gasteiger partial charge in [0.2, 0.25) is 0 Å². The molecule has 0 bridgehead atoms. The van der Waals surface area contributed by atoms with E-state index in [9.17, 15) is 4.79 Å². The van der Waals surface area contributed by atoms with E-state index >= 15 is 0 Å². The lowest BCUT2D eigenvalue weighted by atomic mass is 10.2. The average Bonchev–Trinajstić information content (AvgIpc) is 2.48. The van der Waals surface area contributed by atoms with Gasteiger partial charge in [0.15, 0.2) is 0 Å². The van der Waals surface area contributed by atoms with E-state index < -0.39 is 0 Å². The molecule has 0 aromatic heterocycles. The molecule has 1 saturated heterocycles. The number of halogens is 1. The van der Waals surface area contributed by atoms with Crippen molar-refractivity contribution in [3.63, 3.8) is 0 Å². The lowest BCUT2D eigenvalue weighted by Crippen LogP contribution is -2.48. The molecule has 2 rings (SSSR count). The number of urea groups is 1. The van der Waals surface area contributed by atoms with Crippen molar-refractivity contribution < 1.29 is 9.53 Å². The number of anilines is 1. The van der Waals surface area contributed by atoms with Crippen LogP contribution in [-0.2, 0) is 4.74 Å². The fraction of sp³-hybridized carbons (Fsp3) is 0.588. The highest BCUT2D eigenvalue weighted by atomic mass is 79.9. The Bertz CT molecular complexity index is 537. The summed E-state index contributed by atoms with van der Waals surface area (Å²) in [5.41, 5.74) is 1.91. The summed E-state index contributed by atoms with van der Waals surface area (Å²) in [4.78, 5) is 14.4. The molecule has 0 saturated carbocycles. The maximum absolute atomic E-state index is 12.0. The maximum Gasteiger partial charge on any atom is 0.319 e. The molecule has 5 nitrogen and oxygen atoms in total. The van der Waals surface area contributed by atoms with Crippen molar-refractivity contribution in [2.24, 2.45) is 5.92 Å². The summed E-state index contributed by atoms with van der Waals surface area (Å²) in [7, 11) is 0. The summed E-state index contributed by atoms with van der Waals surface area (Å²) in [6, 6.07) is 5.62. The van der Waals surface area contributed by atoms with Crippen LogP contribution in [0.4, 0.5) is 10.5 Å². The Kier molecular flexibility index (Phi) is 6.87. The third-order valence-electron chi connectivity index (χ3n) is 3.71. The fourth-order valence-electron chi connectivity index (χ4n) is 2.68. The van der Waals surface area contributed by atoms with Gasteiger partial charge in [-0.05, 0) is 46.5 Å². The van der Waals surface area contributed by atoms with Crippen molar-refractivity contribution in [1.82, 2.24) is 10.2 Å². The standard InChI is InChI=1S/C17H26BrN3O2/c1-12(2)10-21-6-7-23-14(11-21)9-19-17(22)20-16-5-4-13(3)8-15(16)18/h4-5,8,12,14H,6-7,9-11H2,1-3H3,(H2,19,20,22). The van der Waals surface area contributed by atoms with Crippen LogP contribution in [0.2, 0.25) is 0 Å². The van der Waals surface area contributed by atoms with Gasteiger partial charge >= 0.3 is 6.03 Å². The molecule has 0 aliphatic carbocycles. The number of hydrogen-bond donors (Lipinski definition) is 2. The van der Waals surface area contributed by atoms with E-state index in [0.29, 0.717) is 12.5 Å². The summed E-state index contributed by atoms with van der Waals surface area (Å²) < 4.78 is 6.62. The third kappa shape index (κ3) is 6.12. The largest absolute Gasteiger partial charge is 0.374 e. The van der Waals surface area contributed by atoms with E-state index in [1.165, 1.54) is 0 Å². The van der Waals surface area contributed by atoms with Crippen LogP contribution in [0.1, 0.15) is 19.4 Å². The number of hydrogen-bond acceptors (Lipinski definition) is 3. The van der Waals surface area contributed by atoms with Gasteiger partial charge in [0, 0.05) is 30.7 Å². The van der Waals surface area contributed by atoms with Crippen molar-refractivity contribution in [1.29, 1.82) is 0 Å². The van der Waals surface area contributed by atoms with Crippen LogP contribution >= 0.6 is 15.9 Å². The number of morpholine rings is 1. The number of carbonyl (C=O) groups is 1. The van der Waals surface area contributed by atoms with Gasteiger partial charge in [-0.1, -0.05) is 19.9 Å². The van der Waals surface area contributed by atoms with E-state index in [4.69, 9.17) is 4.74 Å². The highest BCUT2D eigenvalue weighted by molar-refractivity contribution is 9.10. The molecule has 0 radical (unpaired) electrons. The first-order valence-electron chi connectivity index (χ1n) is 8.09. The molecule has 128 valence electrons. The molecular weight excluding hydrogens is 358 g/mol. The van der Waals surface area contributed by atoms with Crippen LogP contribution in [0.5, 0.6) is 0 Å². The Morgan fingerprint density at radius 2 is 2.26 bits per heavy atom. The van der Waals surface area contributed by atoms with Crippen molar-refractivity contribution in [3.8, 4) is 0 Å². The molecule has 1 heterocycles. The average molecular weight is 384 g/mol. The maximum atomic E-state index is 12.0. The zero-order valence-electron chi connectivity index (χ0n) is 14.1. The smallest absolute Gasteiger partial charge is 0.319 e. The second-order valence-electron chi connectivity index (χ2n) is 6.46. The number of nitrogens with zero attached hydrogens (tertiary/aromatic N) is 1. The van der Waals surface area contributed by atoms with Crippen molar-refractivity contribution in [3.05, 3.63) is 28.2 Å². The summed E-state index contributed by atoms with van der Waals surface area (Å²) in [5, 5.41) is 5.75. The van der Waals surface area contributed by atoms with Crippen molar-refractivity contribution in [2.45, 2.75) is 26.9 Å². The van der Waals surface area contributed by atoms with Gasteiger partial charge in [-0.3, -0.25) is 4.90 Å². The second-order valence-corrected chi connectivity index (χ2v) is 7.32. The Balaban J connectivity index is 1.77. The molecule has 2 N–H and O–H groups in total. The molecule has 1 aromatic carbocycles. The lowest BCUT2D eigenvalue weighted by molar-refractivity contribution is -0.0288. The molecule has 0 spiro atoms. The van der Waals surface area contributed by atoms with Gasteiger partial charge in [0.25, 0.3) is 0 Å². The molecule has 1 aliphatic rings. The van der Waals surface area contributed by atoms with Crippen LogP contribution in [0.15, 0.2) is 22.7 Å². The van der Waals surface area contributed by atoms with Gasteiger partial charge in [-0.25, -0.2) is 4.79 Å². The number of aryl methyl sites for hydroxylation is 1. The molecule has 2 amide bonds. The Labute approximate surface area is 146 Å². The van der Waals surface area contributed by atoms with Crippen LogP contribution in [-0.4, -0.2) is 49.8 Å². The summed E-state index contributed by atoms with van der Waals surface area (Å²) in [5.74, 6) is 0.642. The molecule has 1 fully saturated rings. The molecule has 6 heteroatoms. The third-order valence-corrected chi connectivity index (χ3v) is 4.37. The lowest BCUT2D eigenvalue weighted by Gasteiger charge is -2.33. The van der Waals surface area contributed by atoms with E-state index in [-0.39, 0.29) is 12.1 Å². The van der Waals surface area contributed by atoms with Gasteiger partial charge < -0.3 is 15.4 Å². The summed E-state index contributed by atoms with van der Waals surface area (Å²) in [6.07, 6.45) is 0.0507. The molecule has 1 atom stereocenters. The SMILES string of the molecule is Cc1ccc(NC(=O)NCC2CN(CC(C)C)CCO2)c(Br)c1. The topological polar surface area (TPSA) is 53.6 Å². The second kappa shape index (κ2) is 8.66. The number of benzene rings is 1. The van der Waals surface area contributed by atoms with Crippen LogP contribution in [0.25, 0.3) is 0 Å². The van der Waals surface area contributed by atoms with E-state index in [2.05, 4.69) is 45.3 Å². The first-order chi connectivity index (χ1) is 10.9. The van der Waals surface area contributed by atoms with Gasteiger partial charge in [-0.15, -0.1) is 0 Å². The number of carbonyl (C=O) groups excluding carboxylic acids is 1. The summed E-state index contributed by atoms with van der Waals surface area (Å²) >= 11 is 3.46. The molecule has 1 unspecified atom stereocenters. The number of rotatable bonds is 5. The van der Waals surface area contributed by atoms with E-state index in [1.807, 2.05) is 25.1 Å². The quantitative estimate of drug-likeness (QED) is 0.820. The molecule has 1 aromatic rings. The van der Waals surface area contributed by atoms with Crippen LogP contribution in [0, 0.1) is 12.8 Å². The fourth-order valence-corrected chi connectivity index (χ4v) is 3.27. The van der Waals surface area contributed by atoms with Gasteiger partial charge in [-0.2, -0.15) is 0 Å². The van der Waals surface area contributed by atoms with E-state index in [0.717, 1.165) is 42.0 Å². The minimum absolute atomic E-state index is 0.0507. The normalized spacial score (nSPS) is 18.9. The number of ether oxygens (including phenoxy) is 1. The van der Waals surface area contributed by atoms with Crippen molar-refractivity contribution >= 4 is 27.6 Å². The predicted molar refractivity (Wildman–Crippen MR) is 96.9 cm³/mol. The molecule has 1 aliphatic heterocycles. The Morgan fingerprint density at radius 3 is 2.96 bits per heavy atom. The predicted octanol–water partition coefficient (Wildman–Crippen LogP) is 3.24. The first-order valence-corrected chi connectivity index (χ1v) is 8.88. The zero-order chi connectivity index (χ0) is 16.8. The van der Waals surface area contributed by atoms with E-state index in [1.54, 1.807) is 0 Å². The van der Waals surface area contributed by atoms with Crippen LogP contribution in [0.3, 0.4) is 0 Å². The van der Waals surface area contributed by atoms with Crippen LogP contribution < -0.4 is 10.6 Å². The van der Waals surface area contributed by atoms with Crippen molar-refractivity contribution in [2.75, 3.05) is 38.1 Å². The van der Waals surface area contributed by atoms with Gasteiger partial charge in [0.1, 0.15) is 0 Å². The Hall–Kier alpha value is -1.11. The summed E-state index contributed by atoms with van der Waals surface area (Å²) in [6.45, 7) is 10.6. The first kappa shape index (κ1) is 18.2.